The standard InChI is InChI=1S/C18H20O2/c19-17-11-10-14-12-13-6-4-5-9-16(13)18(14,17)20-15-7-2-1-3-8-15/h4-6,9-12,15,17,19H,1-3,7-8H2/t17-,18+/m0/s1. The van der Waals surface area contributed by atoms with Gasteiger partial charge in [0.25, 0.3) is 0 Å². The van der Waals surface area contributed by atoms with E-state index in [1.54, 1.807) is 0 Å². The Labute approximate surface area is 119 Å². The third kappa shape index (κ3) is 1.65. The third-order valence-corrected chi connectivity index (χ3v) is 4.88. The van der Waals surface area contributed by atoms with Crippen molar-refractivity contribution in [2.24, 2.45) is 0 Å². The number of hydrogen-bond donors (Lipinski definition) is 1. The lowest BCUT2D eigenvalue weighted by molar-refractivity contribution is -0.126. The van der Waals surface area contributed by atoms with Crippen LogP contribution in [0.4, 0.5) is 0 Å². The fourth-order valence-electron chi connectivity index (χ4n) is 3.87. The lowest BCUT2D eigenvalue weighted by Gasteiger charge is -2.37. The summed E-state index contributed by atoms with van der Waals surface area (Å²) >= 11 is 0. The highest BCUT2D eigenvalue weighted by Gasteiger charge is 2.51. The molecule has 2 nitrogen and oxygen atoms in total. The Bertz CT molecular complexity index is 581. The van der Waals surface area contributed by atoms with E-state index in [-0.39, 0.29) is 6.10 Å². The molecule has 3 aliphatic carbocycles. The van der Waals surface area contributed by atoms with E-state index in [1.165, 1.54) is 24.8 Å². The molecule has 0 bridgehead atoms. The summed E-state index contributed by atoms with van der Waals surface area (Å²) in [7, 11) is 0. The number of aliphatic hydroxyl groups is 1. The Balaban J connectivity index is 1.74. The Kier molecular flexibility index (Phi) is 2.83. The van der Waals surface area contributed by atoms with Crippen molar-refractivity contribution < 1.29 is 9.84 Å². The molecule has 1 N–H and O–H groups in total. The van der Waals surface area contributed by atoms with Crippen LogP contribution in [0.5, 0.6) is 0 Å². The summed E-state index contributed by atoms with van der Waals surface area (Å²) in [6, 6.07) is 8.28. The maximum absolute atomic E-state index is 10.6. The van der Waals surface area contributed by atoms with Crippen LogP contribution < -0.4 is 0 Å². The highest BCUT2D eigenvalue weighted by atomic mass is 16.5. The van der Waals surface area contributed by atoms with Gasteiger partial charge < -0.3 is 9.84 Å². The molecule has 0 unspecified atom stereocenters. The Morgan fingerprint density at radius 2 is 1.90 bits per heavy atom. The van der Waals surface area contributed by atoms with Crippen LogP contribution in [-0.4, -0.2) is 17.3 Å². The zero-order valence-corrected chi connectivity index (χ0v) is 11.6. The highest BCUT2D eigenvalue weighted by Crippen LogP contribution is 2.51. The van der Waals surface area contributed by atoms with Gasteiger partial charge in [-0.3, -0.25) is 0 Å². The zero-order valence-electron chi connectivity index (χ0n) is 11.6. The van der Waals surface area contributed by atoms with E-state index in [9.17, 15) is 5.11 Å². The Morgan fingerprint density at radius 3 is 2.75 bits per heavy atom. The summed E-state index contributed by atoms with van der Waals surface area (Å²) in [6.45, 7) is 0. The summed E-state index contributed by atoms with van der Waals surface area (Å²) in [4.78, 5) is 0. The van der Waals surface area contributed by atoms with Gasteiger partial charge in [0, 0.05) is 0 Å². The lowest BCUT2D eigenvalue weighted by atomic mass is 9.87. The van der Waals surface area contributed by atoms with Gasteiger partial charge >= 0.3 is 0 Å². The summed E-state index contributed by atoms with van der Waals surface area (Å²) in [5.74, 6) is 0. The van der Waals surface area contributed by atoms with E-state index < -0.39 is 11.7 Å². The van der Waals surface area contributed by atoms with Crippen molar-refractivity contribution >= 4 is 6.08 Å². The molecule has 1 aromatic rings. The van der Waals surface area contributed by atoms with Gasteiger partial charge in [-0.2, -0.15) is 0 Å². The SMILES string of the molecule is O[C@H]1C=CC2=Cc3ccccc3[C@]21OC1CCCCC1. The molecule has 1 fully saturated rings. The molecule has 1 saturated carbocycles. The monoisotopic (exact) mass is 268 g/mol. The molecule has 0 amide bonds. The van der Waals surface area contributed by atoms with E-state index in [2.05, 4.69) is 18.2 Å². The Hall–Kier alpha value is -1.38. The number of ether oxygens (including phenoxy) is 1. The summed E-state index contributed by atoms with van der Waals surface area (Å²) < 4.78 is 6.52. The van der Waals surface area contributed by atoms with Gasteiger partial charge in [0.15, 0.2) is 0 Å². The first-order valence-corrected chi connectivity index (χ1v) is 7.66. The second-order valence-electron chi connectivity index (χ2n) is 6.10. The van der Waals surface area contributed by atoms with Crippen molar-refractivity contribution in [1.29, 1.82) is 0 Å². The zero-order chi connectivity index (χ0) is 13.6. The van der Waals surface area contributed by atoms with Crippen LogP contribution in [0.15, 0.2) is 42.0 Å². The number of hydrogen-bond acceptors (Lipinski definition) is 2. The first kappa shape index (κ1) is 12.4. The second-order valence-corrected chi connectivity index (χ2v) is 6.10. The molecule has 2 heteroatoms. The van der Waals surface area contributed by atoms with Gasteiger partial charge in [-0.1, -0.05) is 55.7 Å². The van der Waals surface area contributed by atoms with E-state index in [0.717, 1.165) is 24.0 Å². The molecule has 0 aliphatic heterocycles. The maximum atomic E-state index is 10.6. The fourth-order valence-corrected chi connectivity index (χ4v) is 3.87. The largest absolute Gasteiger partial charge is 0.385 e. The molecule has 2 atom stereocenters. The number of fused-ring (bicyclic) bond motifs is 3. The minimum Gasteiger partial charge on any atom is -0.385 e. The van der Waals surface area contributed by atoms with Gasteiger partial charge in [-0.25, -0.2) is 0 Å². The Morgan fingerprint density at radius 1 is 1.10 bits per heavy atom. The number of rotatable bonds is 2. The summed E-state index contributed by atoms with van der Waals surface area (Å²) in [5.41, 5.74) is 2.77. The van der Waals surface area contributed by atoms with Crippen LogP contribution in [0.25, 0.3) is 6.08 Å². The van der Waals surface area contributed by atoms with Gasteiger partial charge in [0.1, 0.15) is 11.7 Å². The van der Waals surface area contributed by atoms with Crippen LogP contribution in [0, 0.1) is 0 Å². The molecule has 0 radical (unpaired) electrons. The summed E-state index contributed by atoms with van der Waals surface area (Å²) in [5, 5.41) is 10.6. The minimum absolute atomic E-state index is 0.271. The van der Waals surface area contributed by atoms with Crippen molar-refractivity contribution in [1.82, 2.24) is 0 Å². The molecule has 0 aromatic heterocycles. The molecule has 1 aromatic carbocycles. The van der Waals surface area contributed by atoms with Gasteiger partial charge in [0.2, 0.25) is 0 Å². The number of benzene rings is 1. The van der Waals surface area contributed by atoms with E-state index in [4.69, 9.17) is 4.74 Å². The molecule has 0 saturated heterocycles. The highest BCUT2D eigenvalue weighted by molar-refractivity contribution is 5.73. The van der Waals surface area contributed by atoms with Crippen LogP contribution in [0.3, 0.4) is 0 Å². The lowest BCUT2D eigenvalue weighted by Crippen LogP contribution is -2.42. The average Bonchev–Trinajstić information content (AvgIpc) is 2.96. The van der Waals surface area contributed by atoms with Gasteiger partial charge in [-0.05, 0) is 35.6 Å². The molecule has 0 heterocycles. The molecule has 0 spiro atoms. The van der Waals surface area contributed by atoms with E-state index in [1.807, 2.05) is 24.3 Å². The van der Waals surface area contributed by atoms with Crippen LogP contribution >= 0.6 is 0 Å². The van der Waals surface area contributed by atoms with Crippen molar-refractivity contribution in [3.05, 3.63) is 53.1 Å². The van der Waals surface area contributed by atoms with Crippen LogP contribution in [0.1, 0.15) is 43.2 Å². The van der Waals surface area contributed by atoms with Crippen molar-refractivity contribution in [2.75, 3.05) is 0 Å². The van der Waals surface area contributed by atoms with Gasteiger partial charge in [-0.15, -0.1) is 0 Å². The predicted molar refractivity (Wildman–Crippen MR) is 79.2 cm³/mol. The maximum Gasteiger partial charge on any atom is 0.148 e. The normalized spacial score (nSPS) is 32.0. The van der Waals surface area contributed by atoms with Crippen molar-refractivity contribution in [2.45, 2.75) is 49.9 Å². The van der Waals surface area contributed by atoms with Crippen molar-refractivity contribution in [3.8, 4) is 0 Å². The molecule has 3 aliphatic rings. The molecular formula is C18H20O2. The first-order valence-electron chi connectivity index (χ1n) is 7.66. The predicted octanol–water partition coefficient (Wildman–Crippen LogP) is 3.56. The molecular weight excluding hydrogens is 248 g/mol. The molecule has 4 rings (SSSR count). The fraction of sp³-hybridized carbons (Fsp3) is 0.444. The van der Waals surface area contributed by atoms with Crippen LogP contribution in [-0.2, 0) is 10.3 Å². The quantitative estimate of drug-likeness (QED) is 0.888. The van der Waals surface area contributed by atoms with E-state index >= 15 is 0 Å². The number of aliphatic hydroxyl groups excluding tert-OH is 1. The first-order chi connectivity index (χ1) is 9.80. The average molecular weight is 268 g/mol. The molecule has 20 heavy (non-hydrogen) atoms. The topological polar surface area (TPSA) is 29.5 Å². The smallest absolute Gasteiger partial charge is 0.148 e. The van der Waals surface area contributed by atoms with Crippen molar-refractivity contribution in [3.63, 3.8) is 0 Å². The summed E-state index contributed by atoms with van der Waals surface area (Å²) in [6.07, 6.45) is 11.8. The van der Waals surface area contributed by atoms with E-state index in [0.29, 0.717) is 0 Å². The molecule has 104 valence electrons. The minimum atomic E-state index is -0.640. The van der Waals surface area contributed by atoms with Crippen LogP contribution in [0.2, 0.25) is 0 Å². The van der Waals surface area contributed by atoms with Gasteiger partial charge in [0.05, 0.1) is 6.10 Å². The second kappa shape index (κ2) is 4.57. The third-order valence-electron chi connectivity index (χ3n) is 4.88.